The highest BCUT2D eigenvalue weighted by atomic mass is 35.5. The number of halogens is 3. The van der Waals surface area contributed by atoms with Gasteiger partial charge in [-0.05, 0) is 55.2 Å². The molecule has 0 bridgehead atoms. The van der Waals surface area contributed by atoms with Crippen molar-refractivity contribution in [3.05, 3.63) is 63.9 Å². The molecule has 0 aromatic heterocycles. The van der Waals surface area contributed by atoms with Crippen molar-refractivity contribution in [3.8, 4) is 0 Å². The molecule has 2 aromatic rings. The predicted octanol–water partition coefficient (Wildman–Crippen LogP) is 5.15. The van der Waals surface area contributed by atoms with Crippen LogP contribution in [0.25, 0.3) is 0 Å². The quantitative estimate of drug-likeness (QED) is 0.427. The van der Waals surface area contributed by atoms with Crippen LogP contribution >= 0.6 is 23.2 Å². The number of hydrogen-bond donors (Lipinski definition) is 1. The average Bonchev–Trinajstić information content (AvgIpc) is 2.84. The minimum Gasteiger partial charge on any atom is -0.352 e. The Hall–Kier alpha value is -2.36. The van der Waals surface area contributed by atoms with Gasteiger partial charge in [-0.3, -0.25) is 13.9 Å². The topological polar surface area (TPSA) is 86.8 Å². The lowest BCUT2D eigenvalue weighted by Gasteiger charge is -2.34. The maximum Gasteiger partial charge on any atom is 0.244 e. The maximum atomic E-state index is 13.9. The molecule has 7 nitrogen and oxygen atoms in total. The van der Waals surface area contributed by atoms with Gasteiger partial charge in [0.25, 0.3) is 0 Å². The Labute approximate surface area is 228 Å². The average molecular weight is 573 g/mol. The molecule has 0 unspecified atom stereocenters. The first kappa shape index (κ1) is 29.2. The first-order chi connectivity index (χ1) is 17.5. The zero-order valence-electron chi connectivity index (χ0n) is 20.9. The molecule has 1 fully saturated rings. The van der Waals surface area contributed by atoms with Crippen LogP contribution in [0, 0.1) is 5.82 Å². The van der Waals surface area contributed by atoms with E-state index in [1.165, 1.54) is 23.1 Å². The molecule has 1 saturated carbocycles. The normalized spacial score (nSPS) is 15.2. The lowest BCUT2D eigenvalue weighted by molar-refractivity contribution is -0.140. The summed E-state index contributed by atoms with van der Waals surface area (Å²) in [7, 11) is -3.94. The third-order valence-corrected chi connectivity index (χ3v) is 8.33. The molecule has 0 aliphatic heterocycles. The number of anilines is 1. The van der Waals surface area contributed by atoms with E-state index in [0.717, 1.165) is 48.7 Å². The van der Waals surface area contributed by atoms with Gasteiger partial charge in [-0.25, -0.2) is 12.8 Å². The second-order valence-electron chi connectivity index (χ2n) is 9.29. The van der Waals surface area contributed by atoms with E-state index in [2.05, 4.69) is 5.32 Å². The number of sulfonamides is 1. The second kappa shape index (κ2) is 12.9. The molecule has 1 aliphatic carbocycles. The number of amides is 2. The molecule has 202 valence electrons. The van der Waals surface area contributed by atoms with Crippen molar-refractivity contribution in [3.63, 3.8) is 0 Å². The Balaban J connectivity index is 1.93. The molecule has 2 amide bonds. The van der Waals surface area contributed by atoms with E-state index < -0.39 is 34.3 Å². The summed E-state index contributed by atoms with van der Waals surface area (Å²) >= 11 is 12.2. The fourth-order valence-electron chi connectivity index (χ4n) is 4.54. The van der Waals surface area contributed by atoms with Crippen LogP contribution in [0.15, 0.2) is 42.5 Å². The van der Waals surface area contributed by atoms with Gasteiger partial charge in [0.15, 0.2) is 0 Å². The van der Waals surface area contributed by atoms with E-state index in [1.54, 1.807) is 25.1 Å². The number of rotatable bonds is 10. The Morgan fingerprint density at radius 1 is 1.08 bits per heavy atom. The molecule has 11 heteroatoms. The predicted molar refractivity (Wildman–Crippen MR) is 145 cm³/mol. The van der Waals surface area contributed by atoms with Gasteiger partial charge in [0.2, 0.25) is 21.8 Å². The van der Waals surface area contributed by atoms with Crippen molar-refractivity contribution in [1.29, 1.82) is 0 Å². The van der Waals surface area contributed by atoms with Gasteiger partial charge in [0.05, 0.1) is 22.0 Å². The van der Waals surface area contributed by atoms with Crippen LogP contribution in [0.4, 0.5) is 10.1 Å². The number of carbonyl (C=O) groups is 2. The summed E-state index contributed by atoms with van der Waals surface area (Å²) in [5.41, 5.74) is 0.647. The molecular formula is C26H32Cl2FN3O4S. The zero-order valence-corrected chi connectivity index (χ0v) is 23.3. The minimum absolute atomic E-state index is 0.00701. The van der Waals surface area contributed by atoms with Gasteiger partial charge in [-0.2, -0.15) is 0 Å². The van der Waals surface area contributed by atoms with Crippen LogP contribution in [0.3, 0.4) is 0 Å². The van der Waals surface area contributed by atoms with Crippen LogP contribution in [0.1, 0.15) is 51.0 Å². The van der Waals surface area contributed by atoms with Crippen molar-refractivity contribution in [1.82, 2.24) is 10.2 Å². The van der Waals surface area contributed by atoms with Gasteiger partial charge in [0.1, 0.15) is 18.4 Å². The number of hydrogen-bond acceptors (Lipinski definition) is 4. The third kappa shape index (κ3) is 8.06. The first-order valence-electron chi connectivity index (χ1n) is 12.3. The van der Waals surface area contributed by atoms with Gasteiger partial charge < -0.3 is 10.2 Å². The summed E-state index contributed by atoms with van der Waals surface area (Å²) in [5.74, 6) is -1.53. The Kier molecular flexibility index (Phi) is 10.2. The fraction of sp³-hybridized carbons (Fsp3) is 0.462. The van der Waals surface area contributed by atoms with Crippen LogP contribution in [-0.2, 0) is 26.2 Å². The highest BCUT2D eigenvalue weighted by Gasteiger charge is 2.33. The highest BCUT2D eigenvalue weighted by Crippen LogP contribution is 2.25. The smallest absolute Gasteiger partial charge is 0.244 e. The maximum absolute atomic E-state index is 13.9. The molecule has 0 saturated heterocycles. The van der Waals surface area contributed by atoms with Crippen molar-refractivity contribution in [2.24, 2.45) is 0 Å². The van der Waals surface area contributed by atoms with Crippen molar-refractivity contribution >= 4 is 50.7 Å². The molecule has 0 heterocycles. The van der Waals surface area contributed by atoms with Gasteiger partial charge in [0, 0.05) is 12.6 Å². The van der Waals surface area contributed by atoms with Crippen LogP contribution in [-0.4, -0.2) is 50.0 Å². The lowest BCUT2D eigenvalue weighted by atomic mass is 9.95. The van der Waals surface area contributed by atoms with E-state index in [4.69, 9.17) is 23.2 Å². The highest BCUT2D eigenvalue weighted by molar-refractivity contribution is 7.92. The fourth-order valence-corrected chi connectivity index (χ4v) is 5.71. The summed E-state index contributed by atoms with van der Waals surface area (Å²) in [4.78, 5) is 28.4. The summed E-state index contributed by atoms with van der Waals surface area (Å²) in [6.45, 7) is 1.20. The monoisotopic (exact) mass is 571 g/mol. The summed E-state index contributed by atoms with van der Waals surface area (Å²) in [6, 6.07) is 9.10. The van der Waals surface area contributed by atoms with Gasteiger partial charge in [-0.15, -0.1) is 0 Å². The molecule has 1 atom stereocenters. The molecule has 1 N–H and O–H groups in total. The number of carbonyl (C=O) groups excluding carboxylic acids is 2. The van der Waals surface area contributed by atoms with Crippen molar-refractivity contribution in [2.45, 2.75) is 64.1 Å². The molecule has 37 heavy (non-hydrogen) atoms. The zero-order chi connectivity index (χ0) is 27.2. The second-order valence-corrected chi connectivity index (χ2v) is 12.0. The van der Waals surface area contributed by atoms with Crippen LogP contribution in [0.2, 0.25) is 10.0 Å². The van der Waals surface area contributed by atoms with E-state index in [1.807, 2.05) is 0 Å². The summed E-state index contributed by atoms with van der Waals surface area (Å²) in [5, 5.41) is 3.71. The lowest BCUT2D eigenvalue weighted by Crippen LogP contribution is -2.53. The molecule has 0 radical (unpaired) electrons. The summed E-state index contributed by atoms with van der Waals surface area (Å²) < 4.78 is 39.9. The first-order valence-corrected chi connectivity index (χ1v) is 14.9. The van der Waals surface area contributed by atoms with E-state index >= 15 is 0 Å². The third-order valence-electron chi connectivity index (χ3n) is 6.45. The van der Waals surface area contributed by atoms with Crippen LogP contribution < -0.4 is 9.62 Å². The van der Waals surface area contributed by atoms with E-state index in [0.29, 0.717) is 22.0 Å². The van der Waals surface area contributed by atoms with Gasteiger partial charge >= 0.3 is 0 Å². The molecular weight excluding hydrogens is 540 g/mol. The SMILES string of the molecule is CC[C@H](C(=O)NC1CCCCC1)N(Cc1ccc(Cl)c(Cl)c1)C(=O)CN(c1cccc(F)c1)S(C)(=O)=O. The van der Waals surface area contributed by atoms with Crippen molar-refractivity contribution in [2.75, 3.05) is 17.1 Å². The number of nitrogens with zero attached hydrogens (tertiary/aromatic N) is 2. The van der Waals surface area contributed by atoms with Gasteiger partial charge in [-0.1, -0.05) is 61.5 Å². The number of benzene rings is 2. The molecule has 1 aliphatic rings. The molecule has 0 spiro atoms. The van der Waals surface area contributed by atoms with Crippen LogP contribution in [0.5, 0.6) is 0 Å². The largest absolute Gasteiger partial charge is 0.352 e. The van der Waals surface area contributed by atoms with E-state index in [9.17, 15) is 22.4 Å². The minimum atomic E-state index is -3.94. The Morgan fingerprint density at radius 2 is 1.78 bits per heavy atom. The summed E-state index contributed by atoms with van der Waals surface area (Å²) in [6.07, 6.45) is 6.21. The molecule has 3 rings (SSSR count). The number of nitrogens with one attached hydrogen (secondary N) is 1. The Bertz CT molecular complexity index is 1220. The standard InChI is InChI=1S/C26H32Cl2FN3O4S/c1-3-24(26(34)30-20-9-5-4-6-10-20)31(16-18-12-13-22(27)23(28)14-18)25(33)17-32(37(2,35)36)21-11-7-8-19(29)15-21/h7-8,11-15,20,24H,3-6,9-10,16-17H2,1-2H3,(H,30,34)/t24-/m1/s1. The van der Waals surface area contributed by atoms with E-state index in [-0.39, 0.29) is 24.2 Å². The molecule has 2 aromatic carbocycles. The Morgan fingerprint density at radius 3 is 2.38 bits per heavy atom. The van der Waals surface area contributed by atoms with Crippen molar-refractivity contribution < 1.29 is 22.4 Å².